The Hall–Kier alpha value is -3.84. The fourth-order valence-corrected chi connectivity index (χ4v) is 4.67. The minimum Gasteiger partial charge on any atom is -0.437 e. The number of ether oxygens (including phenoxy) is 1. The lowest BCUT2D eigenvalue weighted by atomic mass is 9.96. The number of para-hydroxylation sites is 1. The Balaban J connectivity index is 1.38. The third kappa shape index (κ3) is 5.30. The van der Waals surface area contributed by atoms with E-state index in [0.717, 1.165) is 36.1 Å². The van der Waals surface area contributed by atoms with Gasteiger partial charge in [0.15, 0.2) is 0 Å². The molecule has 0 bridgehead atoms. The van der Waals surface area contributed by atoms with Crippen LogP contribution in [0.15, 0.2) is 73.2 Å². The van der Waals surface area contributed by atoms with Crippen LogP contribution in [0.25, 0.3) is 10.9 Å². The number of pyridine rings is 3. The molecule has 7 heteroatoms. The molecule has 4 heterocycles. The van der Waals surface area contributed by atoms with Crippen molar-refractivity contribution in [2.75, 3.05) is 33.2 Å². The minimum atomic E-state index is -0.0653. The lowest BCUT2D eigenvalue weighted by Crippen LogP contribution is -2.36. The van der Waals surface area contributed by atoms with Gasteiger partial charge in [-0.3, -0.25) is 14.8 Å². The topological polar surface area (TPSA) is 71.5 Å². The van der Waals surface area contributed by atoms with Crippen LogP contribution in [0.4, 0.5) is 0 Å². The number of likely N-dealkylation sites (N-methyl/N-ethyl adjacent to an activating group) is 1. The number of amides is 1. The van der Waals surface area contributed by atoms with Crippen molar-refractivity contribution in [1.82, 2.24) is 24.8 Å². The maximum Gasteiger partial charge on any atom is 0.259 e. The summed E-state index contributed by atoms with van der Waals surface area (Å²) < 4.78 is 5.96. The van der Waals surface area contributed by atoms with E-state index in [1.165, 1.54) is 5.56 Å². The van der Waals surface area contributed by atoms with E-state index in [0.29, 0.717) is 30.3 Å². The van der Waals surface area contributed by atoms with Gasteiger partial charge in [0.05, 0.1) is 11.7 Å². The van der Waals surface area contributed by atoms with Crippen LogP contribution < -0.4 is 4.74 Å². The van der Waals surface area contributed by atoms with Gasteiger partial charge in [0.1, 0.15) is 11.3 Å². The summed E-state index contributed by atoms with van der Waals surface area (Å²) in [7, 11) is 2.12. The standard InChI is InChI=1S/C28H29N5O2/c1-20-10-11-24(17-31-20)35-27-25(9-5-13-30-27)28(34)33-15-14-32(2)18-21(19-33)16-23-7-3-6-22-8-4-12-29-26(22)23/h3-13,17,21H,14-16,18-19H2,1-2H3. The lowest BCUT2D eigenvalue weighted by molar-refractivity contribution is 0.0743. The predicted molar refractivity (Wildman–Crippen MR) is 136 cm³/mol. The summed E-state index contributed by atoms with van der Waals surface area (Å²) in [6.07, 6.45) is 5.98. The van der Waals surface area contributed by atoms with Crippen LogP contribution in [0.3, 0.4) is 0 Å². The molecule has 5 rings (SSSR count). The summed E-state index contributed by atoms with van der Waals surface area (Å²) in [5.74, 6) is 1.07. The predicted octanol–water partition coefficient (Wildman–Crippen LogP) is 4.37. The van der Waals surface area contributed by atoms with Crippen LogP contribution in [-0.2, 0) is 6.42 Å². The molecule has 1 aliphatic heterocycles. The van der Waals surface area contributed by atoms with Crippen molar-refractivity contribution in [3.05, 3.63) is 90.0 Å². The highest BCUT2D eigenvalue weighted by Crippen LogP contribution is 2.26. The number of rotatable bonds is 5. The molecular weight excluding hydrogens is 438 g/mol. The second-order valence-electron chi connectivity index (χ2n) is 9.17. The zero-order chi connectivity index (χ0) is 24.2. The second kappa shape index (κ2) is 10.2. The van der Waals surface area contributed by atoms with Crippen LogP contribution in [-0.4, -0.2) is 63.9 Å². The normalized spacial score (nSPS) is 16.7. The number of nitrogens with zero attached hydrogens (tertiary/aromatic N) is 5. The fourth-order valence-electron chi connectivity index (χ4n) is 4.67. The molecule has 0 radical (unpaired) electrons. The molecular formula is C28H29N5O2. The van der Waals surface area contributed by atoms with Crippen LogP contribution in [0.1, 0.15) is 21.6 Å². The summed E-state index contributed by atoms with van der Waals surface area (Å²) in [6.45, 7) is 4.96. The van der Waals surface area contributed by atoms with Gasteiger partial charge < -0.3 is 14.5 Å². The Morgan fingerprint density at radius 2 is 1.80 bits per heavy atom. The summed E-state index contributed by atoms with van der Waals surface area (Å²) in [6, 6.07) is 17.6. The zero-order valence-corrected chi connectivity index (χ0v) is 20.1. The molecule has 7 nitrogen and oxygen atoms in total. The number of fused-ring (bicyclic) bond motifs is 1. The van der Waals surface area contributed by atoms with E-state index in [4.69, 9.17) is 4.74 Å². The van der Waals surface area contributed by atoms with Crippen molar-refractivity contribution in [2.24, 2.45) is 5.92 Å². The molecule has 1 fully saturated rings. The van der Waals surface area contributed by atoms with Crippen molar-refractivity contribution in [1.29, 1.82) is 0 Å². The molecule has 3 aromatic heterocycles. The average Bonchev–Trinajstić information content (AvgIpc) is 3.06. The number of aromatic nitrogens is 3. The van der Waals surface area contributed by atoms with Crippen molar-refractivity contribution < 1.29 is 9.53 Å². The molecule has 4 aromatic rings. The number of benzene rings is 1. The Labute approximate surface area is 205 Å². The average molecular weight is 468 g/mol. The van der Waals surface area contributed by atoms with Crippen molar-refractivity contribution in [3.8, 4) is 11.6 Å². The van der Waals surface area contributed by atoms with E-state index < -0.39 is 0 Å². The minimum absolute atomic E-state index is 0.0653. The Morgan fingerprint density at radius 1 is 0.971 bits per heavy atom. The van der Waals surface area contributed by atoms with Crippen LogP contribution in [0.2, 0.25) is 0 Å². The van der Waals surface area contributed by atoms with Crippen molar-refractivity contribution in [2.45, 2.75) is 13.3 Å². The van der Waals surface area contributed by atoms with Gasteiger partial charge in [-0.1, -0.05) is 24.3 Å². The van der Waals surface area contributed by atoms with Crippen molar-refractivity contribution >= 4 is 16.8 Å². The van der Waals surface area contributed by atoms with E-state index in [9.17, 15) is 4.79 Å². The number of carbonyl (C=O) groups is 1. The lowest BCUT2D eigenvalue weighted by Gasteiger charge is -2.25. The van der Waals surface area contributed by atoms with E-state index in [-0.39, 0.29) is 11.8 Å². The van der Waals surface area contributed by atoms with Gasteiger partial charge in [-0.05, 0) is 62.2 Å². The molecule has 0 aliphatic carbocycles. The molecule has 35 heavy (non-hydrogen) atoms. The Bertz CT molecular complexity index is 1320. The maximum absolute atomic E-state index is 13.7. The van der Waals surface area contributed by atoms with Crippen LogP contribution in [0.5, 0.6) is 11.6 Å². The highest BCUT2D eigenvalue weighted by atomic mass is 16.5. The van der Waals surface area contributed by atoms with E-state index in [1.807, 2.05) is 36.2 Å². The quantitative estimate of drug-likeness (QED) is 0.434. The monoisotopic (exact) mass is 467 g/mol. The summed E-state index contributed by atoms with van der Waals surface area (Å²) >= 11 is 0. The molecule has 178 valence electrons. The third-order valence-electron chi connectivity index (χ3n) is 6.41. The second-order valence-corrected chi connectivity index (χ2v) is 9.17. The third-order valence-corrected chi connectivity index (χ3v) is 6.41. The highest BCUT2D eigenvalue weighted by Gasteiger charge is 2.28. The van der Waals surface area contributed by atoms with Crippen LogP contribution >= 0.6 is 0 Å². The highest BCUT2D eigenvalue weighted by molar-refractivity contribution is 5.96. The maximum atomic E-state index is 13.7. The summed E-state index contributed by atoms with van der Waals surface area (Å²) in [5.41, 5.74) is 3.61. The molecule has 1 saturated heterocycles. The molecule has 1 aromatic carbocycles. The van der Waals surface area contributed by atoms with E-state index in [1.54, 1.807) is 24.5 Å². The first-order valence-corrected chi connectivity index (χ1v) is 11.9. The number of hydrogen-bond donors (Lipinski definition) is 0. The number of carbonyl (C=O) groups excluding carboxylic acids is 1. The van der Waals surface area contributed by atoms with Gasteiger partial charge in [-0.25, -0.2) is 4.98 Å². The smallest absolute Gasteiger partial charge is 0.259 e. The molecule has 1 amide bonds. The van der Waals surface area contributed by atoms with Gasteiger partial charge >= 0.3 is 0 Å². The SMILES string of the molecule is Cc1ccc(Oc2ncccc2C(=O)N2CCN(C)CC(Cc3cccc4cccnc34)C2)cn1. The zero-order valence-electron chi connectivity index (χ0n) is 20.1. The largest absolute Gasteiger partial charge is 0.437 e. The Kier molecular flexibility index (Phi) is 6.68. The molecule has 1 unspecified atom stereocenters. The number of hydrogen-bond acceptors (Lipinski definition) is 6. The van der Waals surface area contributed by atoms with Crippen molar-refractivity contribution in [3.63, 3.8) is 0 Å². The van der Waals surface area contributed by atoms with E-state index >= 15 is 0 Å². The van der Waals surface area contributed by atoms with Gasteiger partial charge in [-0.15, -0.1) is 0 Å². The van der Waals surface area contributed by atoms with Gasteiger partial charge in [-0.2, -0.15) is 0 Å². The molecule has 1 atom stereocenters. The first-order valence-electron chi connectivity index (χ1n) is 11.9. The van der Waals surface area contributed by atoms with E-state index in [2.05, 4.69) is 51.2 Å². The van der Waals surface area contributed by atoms with Gasteiger partial charge in [0.2, 0.25) is 5.88 Å². The molecule has 0 saturated carbocycles. The van der Waals surface area contributed by atoms with Gasteiger partial charge in [0.25, 0.3) is 5.91 Å². The summed E-state index contributed by atoms with van der Waals surface area (Å²) in [5, 5.41) is 1.14. The molecule has 0 spiro atoms. The van der Waals surface area contributed by atoms with Crippen LogP contribution in [0, 0.1) is 12.8 Å². The Morgan fingerprint density at radius 3 is 2.66 bits per heavy atom. The van der Waals surface area contributed by atoms with Gasteiger partial charge in [0, 0.05) is 49.7 Å². The first kappa shape index (κ1) is 22.9. The number of aryl methyl sites for hydroxylation is 1. The molecule has 0 N–H and O–H groups in total. The fraction of sp³-hybridized carbons (Fsp3) is 0.286. The molecule has 1 aliphatic rings. The first-order chi connectivity index (χ1) is 17.1. The summed E-state index contributed by atoms with van der Waals surface area (Å²) in [4.78, 5) is 31.2.